The first-order valence-electron chi connectivity index (χ1n) is 12.5. The van der Waals surface area contributed by atoms with Crippen molar-refractivity contribution in [1.29, 1.82) is 0 Å². The molecule has 2 heterocycles. The van der Waals surface area contributed by atoms with Gasteiger partial charge in [-0.2, -0.15) is 0 Å². The SMILES string of the molecule is C=C(Cl)C(=NC(=NC)Nc1ccc(C2CCN(C)CC2)c(F)c1)c1cc(F)c2c(c1)N(C(C)C)C(=O)CO2. The van der Waals surface area contributed by atoms with Crippen LogP contribution in [0, 0.1) is 11.6 Å². The Hall–Kier alpha value is -3.30. The van der Waals surface area contributed by atoms with E-state index in [1.807, 2.05) is 13.8 Å². The summed E-state index contributed by atoms with van der Waals surface area (Å²) < 4.78 is 35.4. The van der Waals surface area contributed by atoms with Crippen LogP contribution in [0.25, 0.3) is 0 Å². The van der Waals surface area contributed by atoms with Gasteiger partial charge in [0.25, 0.3) is 5.91 Å². The summed E-state index contributed by atoms with van der Waals surface area (Å²) in [5, 5.41) is 3.04. The highest BCUT2D eigenvalue weighted by Crippen LogP contribution is 2.38. The van der Waals surface area contributed by atoms with E-state index in [-0.39, 0.29) is 64.0 Å². The highest BCUT2D eigenvalue weighted by atomic mass is 35.5. The molecule has 7 nitrogen and oxygen atoms in total. The van der Waals surface area contributed by atoms with Gasteiger partial charge in [-0.1, -0.05) is 24.2 Å². The van der Waals surface area contributed by atoms with Gasteiger partial charge in [-0.15, -0.1) is 0 Å². The molecule has 38 heavy (non-hydrogen) atoms. The van der Waals surface area contributed by atoms with E-state index in [1.54, 1.807) is 18.2 Å². The lowest BCUT2D eigenvalue weighted by molar-refractivity contribution is -0.121. The number of nitrogens with zero attached hydrogens (tertiary/aromatic N) is 4. The molecule has 0 bridgehead atoms. The van der Waals surface area contributed by atoms with E-state index in [2.05, 4.69) is 33.8 Å². The van der Waals surface area contributed by atoms with Gasteiger partial charge in [-0.25, -0.2) is 13.8 Å². The number of nitrogens with one attached hydrogen (secondary N) is 1. The minimum absolute atomic E-state index is 0.00994. The molecular weight excluding hydrogens is 512 g/mol. The van der Waals surface area contributed by atoms with Crippen LogP contribution in [0.3, 0.4) is 0 Å². The maximum absolute atomic E-state index is 15.1. The number of rotatable bonds is 5. The number of anilines is 2. The molecule has 1 amide bonds. The lowest BCUT2D eigenvalue weighted by Gasteiger charge is -2.33. The summed E-state index contributed by atoms with van der Waals surface area (Å²) in [5.41, 5.74) is 1.88. The van der Waals surface area contributed by atoms with Crippen LogP contribution in [0.4, 0.5) is 20.2 Å². The van der Waals surface area contributed by atoms with E-state index in [0.717, 1.165) is 25.9 Å². The molecule has 0 unspecified atom stereocenters. The molecule has 2 aromatic rings. The molecule has 0 spiro atoms. The number of carbonyl (C=O) groups excluding carboxylic acids is 1. The molecule has 10 heteroatoms. The lowest BCUT2D eigenvalue weighted by Crippen LogP contribution is -2.43. The number of amides is 1. The lowest BCUT2D eigenvalue weighted by atomic mass is 9.89. The minimum Gasteiger partial charge on any atom is -0.478 e. The Morgan fingerprint density at radius 1 is 1.18 bits per heavy atom. The number of allylic oxidation sites excluding steroid dienone is 1. The van der Waals surface area contributed by atoms with Crippen LogP contribution in [0.2, 0.25) is 0 Å². The minimum atomic E-state index is -0.657. The van der Waals surface area contributed by atoms with Gasteiger partial charge < -0.3 is 19.9 Å². The van der Waals surface area contributed by atoms with Crippen molar-refractivity contribution >= 4 is 40.6 Å². The molecule has 0 radical (unpaired) electrons. The molecular formula is C28H32ClF2N5O2. The van der Waals surface area contributed by atoms with Crippen LogP contribution >= 0.6 is 11.6 Å². The van der Waals surface area contributed by atoms with E-state index < -0.39 is 5.82 Å². The zero-order chi connectivity index (χ0) is 27.6. The molecule has 1 fully saturated rings. The van der Waals surface area contributed by atoms with E-state index in [1.165, 1.54) is 24.1 Å². The Morgan fingerprint density at radius 3 is 2.50 bits per heavy atom. The topological polar surface area (TPSA) is 69.5 Å². The maximum Gasteiger partial charge on any atom is 0.265 e. The number of piperidine rings is 1. The molecule has 202 valence electrons. The average Bonchev–Trinajstić information content (AvgIpc) is 2.86. The monoisotopic (exact) mass is 543 g/mol. The van der Waals surface area contributed by atoms with Crippen molar-refractivity contribution in [2.45, 2.75) is 38.6 Å². The zero-order valence-electron chi connectivity index (χ0n) is 22.0. The molecule has 0 aromatic heterocycles. The normalized spacial score (nSPS) is 17.5. The van der Waals surface area contributed by atoms with Crippen LogP contribution in [-0.2, 0) is 4.79 Å². The van der Waals surface area contributed by atoms with Gasteiger partial charge in [0.1, 0.15) is 5.82 Å². The summed E-state index contributed by atoms with van der Waals surface area (Å²) in [6, 6.07) is 7.60. The number of hydrogen-bond acceptors (Lipinski definition) is 4. The summed E-state index contributed by atoms with van der Waals surface area (Å²) in [5.74, 6) is -0.931. The van der Waals surface area contributed by atoms with Crippen LogP contribution in [0.5, 0.6) is 5.75 Å². The summed E-state index contributed by atoms with van der Waals surface area (Å²) in [4.78, 5) is 24.8. The van der Waals surface area contributed by atoms with Gasteiger partial charge >= 0.3 is 0 Å². The zero-order valence-corrected chi connectivity index (χ0v) is 22.8. The van der Waals surface area contributed by atoms with Gasteiger partial charge in [0.05, 0.1) is 16.4 Å². The number of carbonyl (C=O) groups is 1. The van der Waals surface area contributed by atoms with Gasteiger partial charge in [0.2, 0.25) is 5.96 Å². The Kier molecular flexibility index (Phi) is 8.47. The molecule has 1 saturated heterocycles. The van der Waals surface area contributed by atoms with Crippen LogP contribution in [0.1, 0.15) is 43.7 Å². The number of hydrogen-bond donors (Lipinski definition) is 1. The van der Waals surface area contributed by atoms with Crippen molar-refractivity contribution in [2.75, 3.05) is 44.0 Å². The average molecular weight is 544 g/mol. The number of guanidine groups is 1. The fourth-order valence-electron chi connectivity index (χ4n) is 4.85. The first-order valence-corrected chi connectivity index (χ1v) is 12.9. The van der Waals surface area contributed by atoms with Crippen LogP contribution < -0.4 is 15.0 Å². The number of likely N-dealkylation sites (tertiary alicyclic amines) is 1. The number of fused-ring (bicyclic) bond motifs is 1. The van der Waals surface area contributed by atoms with Crippen LogP contribution in [0.15, 0.2) is 51.9 Å². The quantitative estimate of drug-likeness (QED) is 0.397. The Bertz CT molecular complexity index is 1300. The van der Waals surface area contributed by atoms with E-state index in [4.69, 9.17) is 16.3 Å². The predicted octanol–water partition coefficient (Wildman–Crippen LogP) is 5.55. The second kappa shape index (κ2) is 11.6. The number of halogens is 3. The summed E-state index contributed by atoms with van der Waals surface area (Å²) in [6.45, 7) is 9.07. The van der Waals surface area contributed by atoms with Crippen molar-refractivity contribution in [1.82, 2.24) is 4.90 Å². The second-order valence-corrected chi connectivity index (χ2v) is 10.3. The fraction of sp³-hybridized carbons (Fsp3) is 0.393. The van der Waals surface area contributed by atoms with E-state index in [9.17, 15) is 4.79 Å². The number of benzene rings is 2. The molecule has 0 aliphatic carbocycles. The smallest absolute Gasteiger partial charge is 0.265 e. The number of ether oxygens (including phenoxy) is 1. The maximum atomic E-state index is 15.1. The third-order valence-electron chi connectivity index (χ3n) is 6.78. The highest BCUT2D eigenvalue weighted by molar-refractivity contribution is 6.46. The summed E-state index contributed by atoms with van der Waals surface area (Å²) in [7, 11) is 3.59. The van der Waals surface area contributed by atoms with Gasteiger partial charge in [-0.3, -0.25) is 9.79 Å². The van der Waals surface area contributed by atoms with Gasteiger partial charge in [-0.05, 0) is 82.6 Å². The van der Waals surface area contributed by atoms with Crippen LogP contribution in [-0.4, -0.2) is 62.3 Å². The molecule has 2 aliphatic rings. The summed E-state index contributed by atoms with van der Waals surface area (Å²) >= 11 is 6.28. The number of aliphatic imine (C=N–C) groups is 2. The third kappa shape index (κ3) is 5.89. The third-order valence-corrected chi connectivity index (χ3v) is 6.96. The van der Waals surface area contributed by atoms with E-state index in [0.29, 0.717) is 11.3 Å². The van der Waals surface area contributed by atoms with Crippen molar-refractivity contribution < 1.29 is 18.3 Å². The van der Waals surface area contributed by atoms with E-state index >= 15 is 8.78 Å². The standard InChI is InChI=1S/C28H32ClF2N5O2/c1-16(2)36-24-13-19(12-23(31)27(24)38-15-25(36)37)26(17(3)29)34-28(32-4)33-20-6-7-21(22(30)14-20)18-8-10-35(5)11-9-18/h6-7,12-14,16,18H,3,8-11,15H2,1-2,4-5H3,(H,32,33). The molecule has 0 saturated carbocycles. The molecule has 4 rings (SSSR count). The first kappa shape index (κ1) is 27.7. The Morgan fingerprint density at radius 2 is 1.89 bits per heavy atom. The van der Waals surface area contributed by atoms with Gasteiger partial charge in [0, 0.05) is 24.3 Å². The predicted molar refractivity (Wildman–Crippen MR) is 149 cm³/mol. The first-order chi connectivity index (χ1) is 18.1. The Labute approximate surface area is 226 Å². The molecule has 0 atom stereocenters. The van der Waals surface area contributed by atoms with Crippen molar-refractivity contribution in [2.24, 2.45) is 9.98 Å². The molecule has 2 aromatic carbocycles. The molecule has 2 aliphatic heterocycles. The fourth-order valence-corrected chi connectivity index (χ4v) is 5.00. The van der Waals surface area contributed by atoms with Crippen molar-refractivity contribution in [3.63, 3.8) is 0 Å². The Balaban J connectivity index is 1.63. The van der Waals surface area contributed by atoms with Gasteiger partial charge in [0.15, 0.2) is 18.2 Å². The molecule has 1 N–H and O–H groups in total. The second-order valence-electron chi connectivity index (χ2n) is 9.80. The highest BCUT2D eigenvalue weighted by Gasteiger charge is 2.31. The largest absolute Gasteiger partial charge is 0.478 e. The van der Waals surface area contributed by atoms with Crippen molar-refractivity contribution in [3.05, 3.63) is 64.7 Å². The summed E-state index contributed by atoms with van der Waals surface area (Å²) in [6.07, 6.45) is 1.82. The van der Waals surface area contributed by atoms with Crippen molar-refractivity contribution in [3.8, 4) is 5.75 Å².